The number of urea groups is 1. The number of nitrogens with two attached hydrogens (primary N) is 1. The third kappa shape index (κ3) is 3.72. The summed E-state index contributed by atoms with van der Waals surface area (Å²) in [5, 5.41) is 5.10. The van der Waals surface area contributed by atoms with E-state index in [2.05, 4.69) is 22.4 Å². The molecule has 3 N–H and O–H groups in total. The van der Waals surface area contributed by atoms with Crippen molar-refractivity contribution in [3.05, 3.63) is 46.5 Å². The predicted octanol–water partition coefficient (Wildman–Crippen LogP) is 4.23. The lowest BCUT2D eigenvalue weighted by Gasteiger charge is -2.58. The van der Waals surface area contributed by atoms with Gasteiger partial charge in [-0.1, -0.05) is 24.3 Å². The van der Waals surface area contributed by atoms with Gasteiger partial charge in [-0.05, 0) is 73.3 Å². The number of amides is 3. The second-order valence-electron chi connectivity index (χ2n) is 10.8. The summed E-state index contributed by atoms with van der Waals surface area (Å²) in [4.78, 5) is 44.3. The molecule has 0 saturated heterocycles. The number of anilines is 1. The minimum absolute atomic E-state index is 0.0363. The molecule has 7 rings (SSSR count). The van der Waals surface area contributed by atoms with Crippen LogP contribution in [-0.4, -0.2) is 34.2 Å². The van der Waals surface area contributed by atoms with Crippen molar-refractivity contribution < 1.29 is 14.4 Å². The molecule has 1 aromatic heterocycles. The first-order chi connectivity index (χ1) is 16.4. The van der Waals surface area contributed by atoms with E-state index < -0.39 is 0 Å². The average Bonchev–Trinajstić information content (AvgIpc) is 3.29. The molecule has 1 aromatic carbocycles. The molecule has 4 saturated carbocycles. The summed E-state index contributed by atoms with van der Waals surface area (Å²) in [6, 6.07) is 8.02. The summed E-state index contributed by atoms with van der Waals surface area (Å²) < 4.78 is 0. The third-order valence-corrected chi connectivity index (χ3v) is 9.59. The van der Waals surface area contributed by atoms with Crippen LogP contribution in [0.3, 0.4) is 0 Å². The van der Waals surface area contributed by atoms with Crippen LogP contribution in [0.25, 0.3) is 0 Å². The number of nitrogens with one attached hydrogen (secondary N) is 1. The number of carbonyl (C=O) groups excluding carboxylic acids is 3. The van der Waals surface area contributed by atoms with E-state index in [1.807, 2.05) is 12.1 Å². The average molecular weight is 479 g/mol. The van der Waals surface area contributed by atoms with E-state index in [-0.39, 0.29) is 23.1 Å². The van der Waals surface area contributed by atoms with Gasteiger partial charge in [0.15, 0.2) is 10.9 Å². The number of hydrogen-bond acceptors (Lipinski definition) is 5. The highest BCUT2D eigenvalue weighted by Crippen LogP contribution is 2.62. The molecule has 0 radical (unpaired) electrons. The van der Waals surface area contributed by atoms with Crippen molar-refractivity contribution in [3.8, 4) is 0 Å². The Balaban J connectivity index is 1.08. The number of thiazole rings is 1. The van der Waals surface area contributed by atoms with Gasteiger partial charge in [-0.15, -0.1) is 11.3 Å². The number of nitrogens with zero attached hydrogens (tertiary/aromatic N) is 2. The van der Waals surface area contributed by atoms with E-state index >= 15 is 0 Å². The van der Waals surface area contributed by atoms with Crippen LogP contribution in [0.15, 0.2) is 29.6 Å². The molecule has 4 aliphatic carbocycles. The highest BCUT2D eigenvalue weighted by Gasteiger charge is 2.57. The molecule has 2 unspecified atom stereocenters. The van der Waals surface area contributed by atoms with Crippen LogP contribution in [0.1, 0.15) is 60.1 Å². The van der Waals surface area contributed by atoms with Gasteiger partial charge in [-0.3, -0.25) is 14.9 Å². The maximum atomic E-state index is 13.1. The Hall–Kier alpha value is -2.74. The smallest absolute Gasteiger partial charge is 0.323 e. The second-order valence-corrected chi connectivity index (χ2v) is 11.7. The second kappa shape index (κ2) is 8.18. The summed E-state index contributed by atoms with van der Waals surface area (Å²) >= 11 is 1.30. The molecule has 3 amide bonds. The van der Waals surface area contributed by atoms with Crippen LogP contribution in [0.4, 0.5) is 9.93 Å². The first-order valence-electron chi connectivity index (χ1n) is 12.3. The maximum Gasteiger partial charge on any atom is 0.323 e. The molecule has 0 spiro atoms. The molecular formula is C26H30N4O3S. The zero-order valence-corrected chi connectivity index (χ0v) is 20.0. The van der Waals surface area contributed by atoms with E-state index in [1.54, 1.807) is 10.3 Å². The lowest BCUT2D eigenvalue weighted by Crippen LogP contribution is -2.56. The summed E-state index contributed by atoms with van der Waals surface area (Å²) in [6.07, 6.45) is 6.15. The molecule has 34 heavy (non-hydrogen) atoms. The van der Waals surface area contributed by atoms with Crippen molar-refractivity contribution in [2.75, 3.05) is 11.9 Å². The summed E-state index contributed by atoms with van der Waals surface area (Å²) in [5.74, 6) is 1.59. The van der Waals surface area contributed by atoms with E-state index in [1.165, 1.54) is 22.5 Å². The highest BCUT2D eigenvalue weighted by atomic mass is 32.1. The largest absolute Gasteiger partial charge is 0.369 e. The molecule has 1 aliphatic heterocycles. The monoisotopic (exact) mass is 478 g/mol. The van der Waals surface area contributed by atoms with E-state index in [4.69, 9.17) is 5.73 Å². The number of hydrogen-bond donors (Lipinski definition) is 2. The van der Waals surface area contributed by atoms with Crippen LogP contribution >= 0.6 is 11.3 Å². The molecule has 2 heterocycles. The van der Waals surface area contributed by atoms with E-state index in [0.29, 0.717) is 54.0 Å². The van der Waals surface area contributed by atoms with Gasteiger partial charge >= 0.3 is 6.03 Å². The SMILES string of the molecule is NC(=O)C12CC3CC(C1)C(CC(=O)c1csc(NC(=O)N4CCc5ccccc5C4)n1)C(C3)C2. The summed E-state index contributed by atoms with van der Waals surface area (Å²) in [5.41, 5.74) is 8.37. The van der Waals surface area contributed by atoms with Crippen molar-refractivity contribution in [2.45, 2.75) is 51.5 Å². The van der Waals surface area contributed by atoms with Gasteiger partial charge < -0.3 is 10.6 Å². The minimum atomic E-state index is -0.330. The van der Waals surface area contributed by atoms with Gasteiger partial charge in [0.25, 0.3) is 0 Å². The molecule has 4 fully saturated rings. The lowest BCUT2D eigenvalue weighted by molar-refractivity contribution is -0.149. The standard InChI is InChI=1S/C26H30N4O3S/c27-23(32)26-10-15-7-18(11-26)20(19(8-15)12-26)9-22(31)21-14-34-24(28-21)29-25(33)30-6-5-16-3-1-2-4-17(16)13-30/h1-4,14-15,18-20H,5-13H2,(H2,27,32)(H,28,29,33). The van der Waals surface area contributed by atoms with Gasteiger partial charge in [0.2, 0.25) is 5.91 Å². The Morgan fingerprint density at radius 1 is 1.12 bits per heavy atom. The number of ketones is 1. The Morgan fingerprint density at radius 2 is 1.85 bits per heavy atom. The van der Waals surface area contributed by atoms with Gasteiger partial charge in [0, 0.05) is 30.3 Å². The Morgan fingerprint density at radius 3 is 2.59 bits per heavy atom. The molecule has 2 atom stereocenters. The van der Waals surface area contributed by atoms with Crippen molar-refractivity contribution >= 4 is 34.2 Å². The van der Waals surface area contributed by atoms with Crippen LogP contribution in [0.5, 0.6) is 0 Å². The van der Waals surface area contributed by atoms with Crippen molar-refractivity contribution in [3.63, 3.8) is 0 Å². The maximum absolute atomic E-state index is 13.1. The van der Waals surface area contributed by atoms with Crippen LogP contribution in [0, 0.1) is 29.1 Å². The number of rotatable bonds is 5. The van der Waals surface area contributed by atoms with Crippen molar-refractivity contribution in [2.24, 2.45) is 34.8 Å². The lowest BCUT2D eigenvalue weighted by atomic mass is 9.45. The Kier molecular flexibility index (Phi) is 5.24. The number of carbonyl (C=O) groups is 3. The first kappa shape index (κ1) is 21.8. The number of primary amides is 1. The minimum Gasteiger partial charge on any atom is -0.369 e. The fourth-order valence-corrected chi connectivity index (χ4v) is 8.09. The van der Waals surface area contributed by atoms with Crippen LogP contribution < -0.4 is 11.1 Å². The molecule has 4 bridgehead atoms. The fourth-order valence-electron chi connectivity index (χ4n) is 7.38. The number of aromatic nitrogens is 1. The van der Waals surface area contributed by atoms with E-state index in [9.17, 15) is 14.4 Å². The fraction of sp³-hybridized carbons (Fsp3) is 0.538. The van der Waals surface area contributed by atoms with Gasteiger partial charge in [0.05, 0.1) is 0 Å². The number of benzene rings is 1. The zero-order chi connectivity index (χ0) is 23.4. The molecular weight excluding hydrogens is 448 g/mol. The molecule has 5 aliphatic rings. The Bertz CT molecular complexity index is 1140. The van der Waals surface area contributed by atoms with E-state index in [0.717, 1.165) is 38.5 Å². The van der Waals surface area contributed by atoms with Crippen molar-refractivity contribution in [1.29, 1.82) is 0 Å². The highest BCUT2D eigenvalue weighted by molar-refractivity contribution is 7.14. The predicted molar refractivity (Wildman–Crippen MR) is 129 cm³/mol. The normalized spacial score (nSPS) is 31.2. The first-order valence-corrected chi connectivity index (χ1v) is 13.2. The van der Waals surface area contributed by atoms with Crippen LogP contribution in [-0.2, 0) is 17.8 Å². The van der Waals surface area contributed by atoms with Gasteiger partial charge in [-0.2, -0.15) is 0 Å². The molecule has 7 nitrogen and oxygen atoms in total. The number of Topliss-reactive ketones (excluding diaryl/α,β-unsaturated/α-hetero) is 1. The Labute approximate surface area is 203 Å². The van der Waals surface area contributed by atoms with Gasteiger partial charge in [0.1, 0.15) is 5.69 Å². The quantitative estimate of drug-likeness (QED) is 0.627. The molecule has 2 aromatic rings. The zero-order valence-electron chi connectivity index (χ0n) is 19.2. The summed E-state index contributed by atoms with van der Waals surface area (Å²) in [7, 11) is 0. The molecule has 8 heteroatoms. The summed E-state index contributed by atoms with van der Waals surface area (Å²) in [6.45, 7) is 1.25. The third-order valence-electron chi connectivity index (χ3n) is 8.83. The van der Waals surface area contributed by atoms with Crippen molar-refractivity contribution in [1.82, 2.24) is 9.88 Å². The topological polar surface area (TPSA) is 105 Å². The molecule has 178 valence electrons. The van der Waals surface area contributed by atoms with Gasteiger partial charge in [-0.25, -0.2) is 9.78 Å². The number of fused-ring (bicyclic) bond motifs is 1. The van der Waals surface area contributed by atoms with Crippen LogP contribution in [0.2, 0.25) is 0 Å².